The van der Waals surface area contributed by atoms with Crippen LogP contribution in [0.5, 0.6) is 5.75 Å². The fraction of sp³-hybridized carbons (Fsp3) is 0.500. The van der Waals surface area contributed by atoms with Gasteiger partial charge in [-0.05, 0) is 43.0 Å². The summed E-state index contributed by atoms with van der Waals surface area (Å²) in [6.45, 7) is 4.84. The molecule has 100 valence electrons. The summed E-state index contributed by atoms with van der Waals surface area (Å²) in [7, 11) is 3.44. The molecule has 0 heterocycles. The van der Waals surface area contributed by atoms with Crippen molar-refractivity contribution in [2.45, 2.75) is 20.3 Å². The van der Waals surface area contributed by atoms with E-state index in [0.717, 1.165) is 17.7 Å². The molecule has 0 aliphatic rings. The molecule has 2 N–H and O–H groups in total. The van der Waals surface area contributed by atoms with E-state index >= 15 is 0 Å². The van der Waals surface area contributed by atoms with E-state index in [-0.39, 0.29) is 12.5 Å². The zero-order valence-electron chi connectivity index (χ0n) is 11.6. The van der Waals surface area contributed by atoms with Gasteiger partial charge in [-0.2, -0.15) is 0 Å². The molecule has 0 spiro atoms. The summed E-state index contributed by atoms with van der Waals surface area (Å²) in [5.41, 5.74) is 8.89. The van der Waals surface area contributed by atoms with E-state index in [1.807, 2.05) is 6.07 Å². The zero-order chi connectivity index (χ0) is 13.7. The molecule has 1 aromatic carbocycles. The molecule has 0 bridgehead atoms. The highest BCUT2D eigenvalue weighted by Crippen LogP contribution is 2.23. The number of hydrogen-bond donors (Lipinski definition) is 1. The van der Waals surface area contributed by atoms with Gasteiger partial charge in [-0.15, -0.1) is 0 Å². The Bertz CT molecular complexity index is 430. The number of carbonyl (C=O) groups is 1. The Hall–Kier alpha value is -1.55. The van der Waals surface area contributed by atoms with E-state index in [9.17, 15) is 4.79 Å². The van der Waals surface area contributed by atoms with Gasteiger partial charge in [0, 0.05) is 13.6 Å². The molecular weight excluding hydrogens is 228 g/mol. The van der Waals surface area contributed by atoms with Crippen LogP contribution in [0.2, 0.25) is 0 Å². The van der Waals surface area contributed by atoms with Crippen molar-refractivity contribution in [2.75, 3.05) is 27.2 Å². The second-order valence-corrected chi connectivity index (χ2v) is 4.52. The summed E-state index contributed by atoms with van der Waals surface area (Å²) in [4.78, 5) is 13.0. The molecule has 0 aromatic heterocycles. The van der Waals surface area contributed by atoms with Gasteiger partial charge in [-0.1, -0.05) is 6.07 Å². The van der Waals surface area contributed by atoms with Crippen molar-refractivity contribution >= 4 is 5.91 Å². The summed E-state index contributed by atoms with van der Waals surface area (Å²) >= 11 is 0. The third-order valence-electron chi connectivity index (χ3n) is 3.21. The number of likely N-dealkylation sites (N-methyl/N-ethyl adjacent to an activating group) is 1. The maximum absolute atomic E-state index is 11.4. The first-order valence-electron chi connectivity index (χ1n) is 6.07. The molecule has 4 heteroatoms. The highest BCUT2D eigenvalue weighted by molar-refractivity contribution is 5.77. The molecular formula is C14H22N2O2. The van der Waals surface area contributed by atoms with Crippen LogP contribution in [-0.2, 0) is 11.2 Å². The summed E-state index contributed by atoms with van der Waals surface area (Å²) in [5.74, 6) is 0.837. The number of methoxy groups -OCH3 is 1. The molecule has 0 unspecified atom stereocenters. The number of amides is 1. The molecule has 1 rings (SSSR count). The number of rotatable bonds is 5. The minimum atomic E-state index is -0.0437. The molecule has 0 saturated carbocycles. The lowest BCUT2D eigenvalue weighted by molar-refractivity contribution is -0.128. The average Bonchev–Trinajstić information content (AvgIpc) is 2.38. The molecule has 1 aromatic rings. The number of benzene rings is 1. The molecule has 0 radical (unpaired) electrons. The lowest BCUT2D eigenvalue weighted by atomic mass is 10.0. The number of nitrogens with zero attached hydrogens (tertiary/aromatic N) is 1. The quantitative estimate of drug-likeness (QED) is 0.856. The van der Waals surface area contributed by atoms with Gasteiger partial charge >= 0.3 is 0 Å². The van der Waals surface area contributed by atoms with Crippen molar-refractivity contribution in [3.05, 3.63) is 28.8 Å². The van der Waals surface area contributed by atoms with E-state index in [0.29, 0.717) is 6.54 Å². The Kier molecular flexibility index (Phi) is 5.16. The third kappa shape index (κ3) is 3.47. The van der Waals surface area contributed by atoms with Gasteiger partial charge in [0.15, 0.2) is 0 Å². The molecule has 0 atom stereocenters. The lowest BCUT2D eigenvalue weighted by Gasteiger charge is -2.18. The van der Waals surface area contributed by atoms with Crippen LogP contribution >= 0.6 is 0 Å². The van der Waals surface area contributed by atoms with Crippen LogP contribution in [0.3, 0.4) is 0 Å². The highest BCUT2D eigenvalue weighted by Gasteiger charge is 2.10. The van der Waals surface area contributed by atoms with Crippen molar-refractivity contribution in [3.63, 3.8) is 0 Å². The molecule has 0 aliphatic carbocycles. The van der Waals surface area contributed by atoms with Crippen LogP contribution in [-0.4, -0.2) is 38.1 Å². The summed E-state index contributed by atoms with van der Waals surface area (Å²) in [6, 6.07) is 4.16. The minimum Gasteiger partial charge on any atom is -0.496 e. The molecule has 1 amide bonds. The first-order chi connectivity index (χ1) is 8.49. The number of nitrogens with two attached hydrogens (primary N) is 1. The van der Waals surface area contributed by atoms with Gasteiger partial charge in [0.1, 0.15) is 5.75 Å². The van der Waals surface area contributed by atoms with E-state index < -0.39 is 0 Å². The van der Waals surface area contributed by atoms with Crippen LogP contribution in [0.15, 0.2) is 12.1 Å². The Morgan fingerprint density at radius 2 is 1.94 bits per heavy atom. The molecule has 0 saturated heterocycles. The number of ether oxygens (including phenoxy) is 1. The van der Waals surface area contributed by atoms with Crippen molar-refractivity contribution < 1.29 is 9.53 Å². The first kappa shape index (κ1) is 14.5. The largest absolute Gasteiger partial charge is 0.496 e. The Balaban J connectivity index is 2.78. The molecule has 0 fully saturated rings. The smallest absolute Gasteiger partial charge is 0.236 e. The number of hydrogen-bond acceptors (Lipinski definition) is 3. The molecule has 0 aliphatic heterocycles. The van der Waals surface area contributed by atoms with Crippen LogP contribution in [0.25, 0.3) is 0 Å². The van der Waals surface area contributed by atoms with E-state index in [2.05, 4.69) is 19.9 Å². The Labute approximate surface area is 109 Å². The van der Waals surface area contributed by atoms with E-state index in [1.54, 1.807) is 19.1 Å². The second kappa shape index (κ2) is 6.40. The topological polar surface area (TPSA) is 55.6 Å². The SMILES string of the molecule is COc1cc(C)c(C)cc1CCN(C)C(=O)CN. The van der Waals surface area contributed by atoms with Crippen molar-refractivity contribution in [1.29, 1.82) is 0 Å². The zero-order valence-corrected chi connectivity index (χ0v) is 11.6. The Morgan fingerprint density at radius 3 is 2.50 bits per heavy atom. The van der Waals surface area contributed by atoms with Crippen LogP contribution in [0.4, 0.5) is 0 Å². The Morgan fingerprint density at radius 1 is 1.33 bits per heavy atom. The summed E-state index contributed by atoms with van der Waals surface area (Å²) in [5, 5.41) is 0. The van der Waals surface area contributed by atoms with Gasteiger partial charge in [-0.25, -0.2) is 0 Å². The predicted molar refractivity (Wildman–Crippen MR) is 72.9 cm³/mol. The maximum Gasteiger partial charge on any atom is 0.236 e. The molecule has 4 nitrogen and oxygen atoms in total. The minimum absolute atomic E-state index is 0.0437. The van der Waals surface area contributed by atoms with Crippen molar-refractivity contribution in [1.82, 2.24) is 4.90 Å². The fourth-order valence-electron chi connectivity index (χ4n) is 1.80. The first-order valence-corrected chi connectivity index (χ1v) is 6.07. The van der Waals surface area contributed by atoms with Gasteiger partial charge in [0.25, 0.3) is 0 Å². The predicted octanol–water partition coefficient (Wildman–Crippen LogP) is 1.27. The van der Waals surface area contributed by atoms with E-state index in [1.165, 1.54) is 11.1 Å². The lowest BCUT2D eigenvalue weighted by Crippen LogP contribution is -2.34. The fourth-order valence-corrected chi connectivity index (χ4v) is 1.80. The molecule has 18 heavy (non-hydrogen) atoms. The highest BCUT2D eigenvalue weighted by atomic mass is 16.5. The number of carbonyl (C=O) groups excluding carboxylic acids is 1. The normalized spacial score (nSPS) is 10.3. The summed E-state index contributed by atoms with van der Waals surface area (Å²) in [6.07, 6.45) is 0.770. The van der Waals surface area contributed by atoms with Gasteiger partial charge < -0.3 is 15.4 Å². The van der Waals surface area contributed by atoms with Gasteiger partial charge in [-0.3, -0.25) is 4.79 Å². The van der Waals surface area contributed by atoms with Gasteiger partial charge in [0.05, 0.1) is 13.7 Å². The van der Waals surface area contributed by atoms with Crippen LogP contribution < -0.4 is 10.5 Å². The standard InChI is InChI=1S/C14H22N2O2/c1-10-7-12(13(18-4)8-11(10)2)5-6-16(3)14(17)9-15/h7-8H,5-6,9,15H2,1-4H3. The van der Waals surface area contributed by atoms with Crippen molar-refractivity contribution in [3.8, 4) is 5.75 Å². The van der Waals surface area contributed by atoms with Crippen LogP contribution in [0, 0.1) is 13.8 Å². The van der Waals surface area contributed by atoms with E-state index in [4.69, 9.17) is 10.5 Å². The summed E-state index contributed by atoms with van der Waals surface area (Å²) < 4.78 is 5.37. The second-order valence-electron chi connectivity index (χ2n) is 4.52. The maximum atomic E-state index is 11.4. The monoisotopic (exact) mass is 250 g/mol. The third-order valence-corrected chi connectivity index (χ3v) is 3.21. The van der Waals surface area contributed by atoms with Crippen LogP contribution in [0.1, 0.15) is 16.7 Å². The van der Waals surface area contributed by atoms with Crippen molar-refractivity contribution in [2.24, 2.45) is 5.73 Å². The average molecular weight is 250 g/mol. The number of aryl methyl sites for hydroxylation is 2. The van der Waals surface area contributed by atoms with Gasteiger partial charge in [0.2, 0.25) is 5.91 Å².